The molecule has 0 bridgehead atoms. The monoisotopic (exact) mass is 316 g/mol. The van der Waals surface area contributed by atoms with Gasteiger partial charge >= 0.3 is 0 Å². The van der Waals surface area contributed by atoms with Gasteiger partial charge in [-0.1, -0.05) is 0 Å². The Morgan fingerprint density at radius 3 is 2.52 bits per heavy atom. The second kappa shape index (κ2) is 7.57. The first-order chi connectivity index (χ1) is 11.3. The molecule has 0 radical (unpaired) electrons. The summed E-state index contributed by atoms with van der Waals surface area (Å²) in [5, 5.41) is 13.6. The molecular formula is C17H24N4O2. The zero-order valence-electron chi connectivity index (χ0n) is 13.6. The van der Waals surface area contributed by atoms with Crippen LogP contribution in [0, 0.1) is 0 Å². The lowest BCUT2D eigenvalue weighted by molar-refractivity contribution is 0.177. The lowest BCUT2D eigenvalue weighted by Gasteiger charge is -2.28. The maximum absolute atomic E-state index is 9.22. The van der Waals surface area contributed by atoms with Crippen LogP contribution in [0.25, 0.3) is 11.4 Å². The van der Waals surface area contributed by atoms with E-state index in [4.69, 9.17) is 4.74 Å². The largest absolute Gasteiger partial charge is 0.394 e. The van der Waals surface area contributed by atoms with Crippen molar-refractivity contribution in [3.8, 4) is 11.4 Å². The van der Waals surface area contributed by atoms with E-state index in [0.29, 0.717) is 19.0 Å². The fourth-order valence-electron chi connectivity index (χ4n) is 3.02. The van der Waals surface area contributed by atoms with Crippen molar-refractivity contribution in [1.82, 2.24) is 14.8 Å². The summed E-state index contributed by atoms with van der Waals surface area (Å²) < 4.78 is 6.84. The van der Waals surface area contributed by atoms with E-state index in [1.807, 2.05) is 0 Å². The van der Waals surface area contributed by atoms with Crippen molar-refractivity contribution in [2.24, 2.45) is 0 Å². The highest BCUT2D eigenvalue weighted by atomic mass is 16.5. The summed E-state index contributed by atoms with van der Waals surface area (Å²) in [6.07, 6.45) is 3.88. The Hall–Kier alpha value is -1.92. The third kappa shape index (κ3) is 3.71. The van der Waals surface area contributed by atoms with Gasteiger partial charge in [0, 0.05) is 31.5 Å². The van der Waals surface area contributed by atoms with Gasteiger partial charge in [0.25, 0.3) is 0 Å². The van der Waals surface area contributed by atoms with Crippen molar-refractivity contribution in [3.05, 3.63) is 30.1 Å². The molecule has 23 heavy (non-hydrogen) atoms. The lowest BCUT2D eigenvalue weighted by atomic mass is 10.1. The molecule has 1 aromatic heterocycles. The molecule has 1 aromatic carbocycles. The second-order valence-electron chi connectivity index (χ2n) is 5.83. The first kappa shape index (κ1) is 16.0. The molecule has 0 amide bonds. The van der Waals surface area contributed by atoms with Gasteiger partial charge in [-0.15, -0.1) is 0 Å². The van der Waals surface area contributed by atoms with Crippen molar-refractivity contribution >= 4 is 5.69 Å². The Kier molecular flexibility index (Phi) is 5.25. The van der Waals surface area contributed by atoms with Crippen LogP contribution in [-0.2, 0) is 17.9 Å². The molecule has 1 fully saturated rings. The third-order valence-corrected chi connectivity index (χ3v) is 4.15. The molecule has 2 heterocycles. The number of nitrogens with zero attached hydrogens (tertiary/aromatic N) is 4. The number of aromatic nitrogens is 3. The number of hydrogen-bond donors (Lipinski definition) is 1. The van der Waals surface area contributed by atoms with E-state index in [1.54, 1.807) is 11.8 Å². The molecule has 0 saturated carbocycles. The van der Waals surface area contributed by atoms with Crippen LogP contribution in [0.15, 0.2) is 24.3 Å². The number of aliphatic hydroxyl groups is 1. The molecule has 3 rings (SSSR count). The molecular weight excluding hydrogens is 292 g/mol. The molecule has 124 valence electrons. The minimum absolute atomic E-state index is 0.0364. The summed E-state index contributed by atoms with van der Waals surface area (Å²) in [5.41, 5.74) is 2.27. The van der Waals surface area contributed by atoms with Crippen LogP contribution in [-0.4, -0.2) is 46.7 Å². The molecule has 1 saturated heterocycles. The van der Waals surface area contributed by atoms with Crippen LogP contribution in [0.5, 0.6) is 0 Å². The second-order valence-corrected chi connectivity index (χ2v) is 5.83. The number of methoxy groups -OCH3 is 1. The van der Waals surface area contributed by atoms with Gasteiger partial charge in [0.1, 0.15) is 6.61 Å². The number of anilines is 1. The summed E-state index contributed by atoms with van der Waals surface area (Å²) in [6, 6.07) is 8.46. The van der Waals surface area contributed by atoms with Gasteiger partial charge in [0.15, 0.2) is 11.6 Å². The van der Waals surface area contributed by atoms with Crippen LogP contribution < -0.4 is 4.90 Å². The van der Waals surface area contributed by atoms with Gasteiger partial charge in [0.2, 0.25) is 0 Å². The van der Waals surface area contributed by atoms with E-state index in [-0.39, 0.29) is 6.61 Å². The smallest absolute Gasteiger partial charge is 0.176 e. The summed E-state index contributed by atoms with van der Waals surface area (Å²) in [4.78, 5) is 6.97. The van der Waals surface area contributed by atoms with E-state index in [2.05, 4.69) is 39.2 Å². The number of rotatable bonds is 6. The van der Waals surface area contributed by atoms with Gasteiger partial charge < -0.3 is 14.7 Å². The maximum Gasteiger partial charge on any atom is 0.176 e. The van der Waals surface area contributed by atoms with Crippen molar-refractivity contribution in [3.63, 3.8) is 0 Å². The number of aliphatic hydroxyl groups excluding tert-OH is 1. The van der Waals surface area contributed by atoms with Crippen LogP contribution in [0.2, 0.25) is 0 Å². The Morgan fingerprint density at radius 1 is 1.13 bits per heavy atom. The Balaban J connectivity index is 1.83. The predicted molar refractivity (Wildman–Crippen MR) is 89.3 cm³/mol. The quantitative estimate of drug-likeness (QED) is 0.884. The van der Waals surface area contributed by atoms with Crippen LogP contribution >= 0.6 is 0 Å². The van der Waals surface area contributed by atoms with Gasteiger partial charge in [0.05, 0.1) is 13.2 Å². The molecule has 2 aromatic rings. The molecule has 0 unspecified atom stereocenters. The van der Waals surface area contributed by atoms with Crippen molar-refractivity contribution in [2.75, 3.05) is 31.7 Å². The first-order valence-electron chi connectivity index (χ1n) is 8.20. The molecule has 6 heteroatoms. The molecule has 1 N–H and O–H groups in total. The number of ether oxygens (including phenoxy) is 1. The highest BCUT2D eigenvalue weighted by Crippen LogP contribution is 2.24. The fourth-order valence-corrected chi connectivity index (χ4v) is 3.02. The lowest BCUT2D eigenvalue weighted by Crippen LogP contribution is -2.29. The number of benzene rings is 1. The van der Waals surface area contributed by atoms with Crippen LogP contribution in [0.4, 0.5) is 5.69 Å². The van der Waals surface area contributed by atoms with Crippen LogP contribution in [0.3, 0.4) is 0 Å². The van der Waals surface area contributed by atoms with Gasteiger partial charge in [-0.25, -0.2) is 9.67 Å². The zero-order valence-corrected chi connectivity index (χ0v) is 13.6. The Bertz CT molecular complexity index is 618. The van der Waals surface area contributed by atoms with E-state index in [9.17, 15) is 5.11 Å². The SMILES string of the molecule is COCc1nc(-c2ccc(N3CCCCC3)cc2)n(CCO)n1. The van der Waals surface area contributed by atoms with Crippen molar-refractivity contribution in [2.45, 2.75) is 32.4 Å². The van der Waals surface area contributed by atoms with E-state index in [0.717, 1.165) is 24.5 Å². The molecule has 0 atom stereocenters. The summed E-state index contributed by atoms with van der Waals surface area (Å²) >= 11 is 0. The third-order valence-electron chi connectivity index (χ3n) is 4.15. The van der Waals surface area contributed by atoms with Crippen LogP contribution in [0.1, 0.15) is 25.1 Å². The highest BCUT2D eigenvalue weighted by molar-refractivity contribution is 5.60. The van der Waals surface area contributed by atoms with Gasteiger partial charge in [-0.05, 0) is 43.5 Å². The average molecular weight is 316 g/mol. The predicted octanol–water partition coefficient (Wildman–Crippen LogP) is 2.07. The Morgan fingerprint density at radius 2 is 1.87 bits per heavy atom. The Labute approximate surface area is 136 Å². The first-order valence-corrected chi connectivity index (χ1v) is 8.20. The summed E-state index contributed by atoms with van der Waals surface area (Å²) in [7, 11) is 1.62. The topological polar surface area (TPSA) is 63.4 Å². The molecule has 0 spiro atoms. The van der Waals surface area contributed by atoms with Gasteiger partial charge in [-0.2, -0.15) is 5.10 Å². The molecule has 6 nitrogen and oxygen atoms in total. The van der Waals surface area contributed by atoms with Crippen molar-refractivity contribution < 1.29 is 9.84 Å². The fraction of sp³-hybridized carbons (Fsp3) is 0.529. The number of hydrogen-bond acceptors (Lipinski definition) is 5. The number of piperidine rings is 1. The van der Waals surface area contributed by atoms with Crippen molar-refractivity contribution in [1.29, 1.82) is 0 Å². The molecule has 1 aliphatic heterocycles. The molecule has 0 aliphatic carbocycles. The summed E-state index contributed by atoms with van der Waals surface area (Å²) in [6.45, 7) is 3.11. The van der Waals surface area contributed by atoms with Gasteiger partial charge in [-0.3, -0.25) is 0 Å². The van der Waals surface area contributed by atoms with E-state index in [1.165, 1.54) is 24.9 Å². The average Bonchev–Trinajstić information content (AvgIpc) is 2.99. The summed E-state index contributed by atoms with van der Waals surface area (Å²) in [5.74, 6) is 1.41. The highest BCUT2D eigenvalue weighted by Gasteiger charge is 2.14. The zero-order chi connectivity index (χ0) is 16.1. The standard InChI is InChI=1S/C17H24N4O2/c1-23-13-16-18-17(21(19-16)11-12-22)14-5-7-15(8-6-14)20-9-3-2-4-10-20/h5-8,22H,2-4,9-13H2,1H3. The molecule has 1 aliphatic rings. The normalized spacial score (nSPS) is 15.1. The van der Waals surface area contributed by atoms with E-state index < -0.39 is 0 Å². The maximum atomic E-state index is 9.22. The minimum atomic E-state index is 0.0364. The minimum Gasteiger partial charge on any atom is -0.394 e. The van der Waals surface area contributed by atoms with E-state index >= 15 is 0 Å².